The Morgan fingerprint density at radius 2 is 2.08 bits per heavy atom. The molecule has 1 N–H and O–H groups in total. The molecule has 0 spiro atoms. The summed E-state index contributed by atoms with van der Waals surface area (Å²) >= 11 is 0. The maximum absolute atomic E-state index is 5.91. The number of imidazole rings is 1. The zero-order valence-electron chi connectivity index (χ0n) is 13.7. The highest BCUT2D eigenvalue weighted by atomic mass is 16.5. The number of aryl methyl sites for hydroxylation is 1. The van der Waals surface area contributed by atoms with Gasteiger partial charge in [0.05, 0.1) is 0 Å². The minimum atomic E-state index is 0.274. The van der Waals surface area contributed by atoms with Gasteiger partial charge in [-0.1, -0.05) is 23.4 Å². The van der Waals surface area contributed by atoms with E-state index in [2.05, 4.69) is 30.4 Å². The summed E-state index contributed by atoms with van der Waals surface area (Å²) in [6.07, 6.45) is 3.43. The number of hydrogen-bond donors (Lipinski definition) is 1. The predicted octanol–water partition coefficient (Wildman–Crippen LogP) is 2.54. The number of H-pyrrole nitrogens is 1. The van der Waals surface area contributed by atoms with Gasteiger partial charge in [0.2, 0.25) is 11.7 Å². The van der Waals surface area contributed by atoms with Crippen molar-refractivity contribution < 1.29 is 9.26 Å². The monoisotopic (exact) mass is 347 g/mol. The van der Waals surface area contributed by atoms with Crippen molar-refractivity contribution in [3.63, 3.8) is 0 Å². The number of benzene rings is 1. The highest BCUT2D eigenvalue weighted by Crippen LogP contribution is 2.28. The summed E-state index contributed by atoms with van der Waals surface area (Å²) in [5.74, 6) is 2.36. The summed E-state index contributed by atoms with van der Waals surface area (Å²) in [5.41, 5.74) is 1.19. The number of nitrogens with zero attached hydrogens (tertiary/aromatic N) is 6. The van der Waals surface area contributed by atoms with Gasteiger partial charge in [-0.2, -0.15) is 4.52 Å². The third-order valence-electron chi connectivity index (χ3n) is 3.99. The van der Waals surface area contributed by atoms with E-state index in [9.17, 15) is 0 Å². The van der Waals surface area contributed by atoms with Gasteiger partial charge in [0.1, 0.15) is 18.2 Å². The van der Waals surface area contributed by atoms with Gasteiger partial charge < -0.3 is 14.2 Å². The van der Waals surface area contributed by atoms with Gasteiger partial charge in [0, 0.05) is 29.2 Å². The molecular weight excluding hydrogens is 334 g/mol. The largest absolute Gasteiger partial charge is 0.468 e. The molecule has 1 aromatic carbocycles. The molecule has 0 saturated carbocycles. The van der Waals surface area contributed by atoms with Crippen molar-refractivity contribution in [1.82, 2.24) is 34.9 Å². The second-order valence-electron chi connectivity index (χ2n) is 5.76. The van der Waals surface area contributed by atoms with Crippen molar-refractivity contribution in [1.29, 1.82) is 0 Å². The molecule has 0 bridgehead atoms. The first-order valence-electron chi connectivity index (χ1n) is 7.98. The molecule has 0 aliphatic carbocycles. The topological polar surface area (TPSA) is 107 Å². The Kier molecular flexibility index (Phi) is 3.17. The van der Waals surface area contributed by atoms with Crippen LogP contribution >= 0.6 is 0 Å². The van der Waals surface area contributed by atoms with Gasteiger partial charge in [-0.05, 0) is 13.0 Å². The van der Waals surface area contributed by atoms with Crippen LogP contribution in [0.25, 0.3) is 27.9 Å². The summed E-state index contributed by atoms with van der Waals surface area (Å²) in [6.45, 7) is 2.09. The first-order chi connectivity index (χ1) is 12.8. The van der Waals surface area contributed by atoms with Gasteiger partial charge in [0.25, 0.3) is 0 Å². The lowest BCUT2D eigenvalue weighted by Crippen LogP contribution is -2.04. The zero-order chi connectivity index (χ0) is 17.5. The molecule has 0 amide bonds. The van der Waals surface area contributed by atoms with Gasteiger partial charge >= 0.3 is 0 Å². The van der Waals surface area contributed by atoms with Gasteiger partial charge in [-0.25, -0.2) is 4.98 Å². The Morgan fingerprint density at radius 3 is 2.85 bits per heavy atom. The maximum Gasteiger partial charge on any atom is 0.240 e. The van der Waals surface area contributed by atoms with Crippen LogP contribution in [0.5, 0.6) is 5.88 Å². The van der Waals surface area contributed by atoms with Crippen molar-refractivity contribution >= 4 is 16.4 Å². The van der Waals surface area contributed by atoms with Crippen molar-refractivity contribution in [2.45, 2.75) is 13.5 Å². The third kappa shape index (κ3) is 2.29. The van der Waals surface area contributed by atoms with Crippen LogP contribution in [0.4, 0.5) is 0 Å². The van der Waals surface area contributed by atoms with Crippen LogP contribution in [0.15, 0.2) is 47.2 Å². The van der Waals surface area contributed by atoms with E-state index < -0.39 is 0 Å². The molecule has 0 unspecified atom stereocenters. The van der Waals surface area contributed by atoms with Gasteiger partial charge in [0.15, 0.2) is 11.3 Å². The lowest BCUT2D eigenvalue weighted by Gasteiger charge is -2.08. The van der Waals surface area contributed by atoms with E-state index in [-0.39, 0.29) is 6.61 Å². The number of rotatable bonds is 4. The SMILES string of the molecule is Cc1cc(-c2nnc3c4ccccc4c(OCc4ncc[nH]4)nn23)no1. The molecule has 5 rings (SSSR count). The summed E-state index contributed by atoms with van der Waals surface area (Å²) in [4.78, 5) is 7.18. The van der Waals surface area contributed by atoms with Crippen LogP contribution in [-0.2, 0) is 6.61 Å². The van der Waals surface area contributed by atoms with E-state index in [1.807, 2.05) is 31.2 Å². The summed E-state index contributed by atoms with van der Waals surface area (Å²) in [5, 5.41) is 18.9. The van der Waals surface area contributed by atoms with Crippen LogP contribution < -0.4 is 4.74 Å². The quantitative estimate of drug-likeness (QED) is 0.532. The van der Waals surface area contributed by atoms with Crippen LogP contribution in [0, 0.1) is 6.92 Å². The minimum Gasteiger partial charge on any atom is -0.468 e. The number of aromatic nitrogens is 7. The van der Waals surface area contributed by atoms with Crippen LogP contribution in [-0.4, -0.2) is 34.9 Å². The second-order valence-corrected chi connectivity index (χ2v) is 5.76. The second kappa shape index (κ2) is 5.66. The Labute approximate surface area is 146 Å². The fraction of sp³-hybridized carbons (Fsp3) is 0.118. The van der Waals surface area contributed by atoms with Crippen LogP contribution in [0.2, 0.25) is 0 Å². The van der Waals surface area contributed by atoms with E-state index in [4.69, 9.17) is 9.26 Å². The standard InChI is InChI=1S/C17H13N7O2/c1-10-8-13(23-26-10)16-21-20-15-11-4-2-3-5-12(11)17(22-24(15)16)25-9-14-18-6-7-19-14/h2-8H,9H2,1H3,(H,18,19). The van der Waals surface area contributed by atoms with Crippen LogP contribution in [0.1, 0.15) is 11.6 Å². The lowest BCUT2D eigenvalue weighted by atomic mass is 10.2. The lowest BCUT2D eigenvalue weighted by molar-refractivity contribution is 0.285. The first-order valence-corrected chi connectivity index (χ1v) is 7.98. The molecule has 0 radical (unpaired) electrons. The third-order valence-corrected chi connectivity index (χ3v) is 3.99. The maximum atomic E-state index is 5.91. The molecule has 4 heterocycles. The molecule has 9 nitrogen and oxygen atoms in total. The number of fused-ring (bicyclic) bond motifs is 3. The molecule has 0 aliphatic heterocycles. The Hall–Kier alpha value is -3.75. The Morgan fingerprint density at radius 1 is 1.19 bits per heavy atom. The molecule has 0 atom stereocenters. The van der Waals surface area contributed by atoms with Crippen molar-refractivity contribution in [3.05, 3.63) is 54.3 Å². The number of nitrogens with one attached hydrogen (secondary N) is 1. The summed E-state index contributed by atoms with van der Waals surface area (Å²) in [7, 11) is 0. The highest BCUT2D eigenvalue weighted by molar-refractivity contribution is 5.96. The predicted molar refractivity (Wildman–Crippen MR) is 91.4 cm³/mol. The van der Waals surface area contributed by atoms with E-state index in [1.54, 1.807) is 23.0 Å². The molecule has 9 heteroatoms. The zero-order valence-corrected chi connectivity index (χ0v) is 13.7. The van der Waals surface area contributed by atoms with E-state index >= 15 is 0 Å². The average molecular weight is 347 g/mol. The fourth-order valence-electron chi connectivity index (χ4n) is 2.80. The molecule has 4 aromatic heterocycles. The molecule has 0 aliphatic rings. The molecule has 128 valence electrons. The van der Waals surface area contributed by atoms with Crippen molar-refractivity contribution in [3.8, 4) is 17.4 Å². The Bertz CT molecular complexity index is 1210. The fourth-order valence-corrected chi connectivity index (χ4v) is 2.80. The number of aromatic amines is 1. The molecule has 26 heavy (non-hydrogen) atoms. The van der Waals surface area contributed by atoms with Gasteiger partial charge in [-0.15, -0.1) is 15.3 Å². The number of hydrogen-bond acceptors (Lipinski definition) is 7. The van der Waals surface area contributed by atoms with E-state index in [0.717, 1.165) is 10.8 Å². The van der Waals surface area contributed by atoms with Gasteiger partial charge in [-0.3, -0.25) is 0 Å². The average Bonchev–Trinajstić information content (AvgIpc) is 3.40. The molecular formula is C17H13N7O2. The van der Waals surface area contributed by atoms with E-state index in [0.29, 0.717) is 34.6 Å². The van der Waals surface area contributed by atoms with Crippen molar-refractivity contribution in [2.75, 3.05) is 0 Å². The normalized spacial score (nSPS) is 11.4. The smallest absolute Gasteiger partial charge is 0.240 e. The molecule has 0 saturated heterocycles. The Balaban J connectivity index is 1.69. The van der Waals surface area contributed by atoms with E-state index in [1.165, 1.54) is 0 Å². The number of ether oxygens (including phenoxy) is 1. The molecule has 0 fully saturated rings. The van der Waals surface area contributed by atoms with Crippen LogP contribution in [0.3, 0.4) is 0 Å². The van der Waals surface area contributed by atoms with Crippen molar-refractivity contribution in [2.24, 2.45) is 0 Å². The molecule has 5 aromatic rings. The highest BCUT2D eigenvalue weighted by Gasteiger charge is 2.18. The minimum absolute atomic E-state index is 0.274. The summed E-state index contributed by atoms with van der Waals surface area (Å²) in [6, 6.07) is 9.55. The summed E-state index contributed by atoms with van der Waals surface area (Å²) < 4.78 is 12.7. The first kappa shape index (κ1) is 14.6.